The summed E-state index contributed by atoms with van der Waals surface area (Å²) in [6, 6.07) is 12.6. The average Bonchev–Trinajstić information content (AvgIpc) is 2.38. The van der Waals surface area contributed by atoms with Crippen LogP contribution in [-0.2, 0) is 11.2 Å². The summed E-state index contributed by atoms with van der Waals surface area (Å²) in [5.41, 5.74) is 1.37. The summed E-state index contributed by atoms with van der Waals surface area (Å²) < 4.78 is 5.26. The van der Waals surface area contributed by atoms with Crippen LogP contribution in [0.25, 0.3) is 11.3 Å². The smallest absolute Gasteiger partial charge is 0.336 e. The van der Waals surface area contributed by atoms with Gasteiger partial charge in [0.25, 0.3) is 0 Å². The monoisotopic (exact) mass is 242 g/mol. The molecule has 0 amide bonds. The van der Waals surface area contributed by atoms with Gasteiger partial charge in [0, 0.05) is 18.1 Å². The van der Waals surface area contributed by atoms with Crippen LogP contribution in [0.4, 0.5) is 0 Å². The molecule has 0 saturated carbocycles. The van der Waals surface area contributed by atoms with Crippen molar-refractivity contribution >= 4 is 5.78 Å². The van der Waals surface area contributed by atoms with Gasteiger partial charge in [0.05, 0.1) is 0 Å². The van der Waals surface area contributed by atoms with Gasteiger partial charge in [-0.2, -0.15) is 0 Å². The molecule has 0 aliphatic carbocycles. The second kappa shape index (κ2) is 5.45. The number of hydrogen-bond acceptors (Lipinski definition) is 3. The number of benzene rings is 1. The van der Waals surface area contributed by atoms with Gasteiger partial charge in [-0.1, -0.05) is 30.3 Å². The first-order valence-corrected chi connectivity index (χ1v) is 5.84. The van der Waals surface area contributed by atoms with Crippen LogP contribution >= 0.6 is 0 Å². The predicted molar refractivity (Wildman–Crippen MR) is 69.4 cm³/mol. The van der Waals surface area contributed by atoms with Crippen molar-refractivity contribution in [2.24, 2.45) is 0 Å². The highest BCUT2D eigenvalue weighted by molar-refractivity contribution is 5.76. The summed E-state index contributed by atoms with van der Waals surface area (Å²) >= 11 is 0. The molecule has 0 bridgehead atoms. The van der Waals surface area contributed by atoms with E-state index in [9.17, 15) is 9.59 Å². The van der Waals surface area contributed by atoms with E-state index in [-0.39, 0.29) is 11.4 Å². The average molecular weight is 242 g/mol. The highest BCUT2D eigenvalue weighted by Crippen LogP contribution is 2.22. The van der Waals surface area contributed by atoms with E-state index < -0.39 is 0 Å². The predicted octanol–water partition coefficient (Wildman–Crippen LogP) is 2.83. The standard InChI is InChI=1S/C15H14O3/c1-11(16)7-8-13-9-10-14(17)18-15(13)12-5-3-2-4-6-12/h2-6,9-10H,7-8H2,1H3. The highest BCUT2D eigenvalue weighted by Gasteiger charge is 2.09. The first-order valence-electron chi connectivity index (χ1n) is 5.84. The SMILES string of the molecule is CC(=O)CCc1ccc(=O)oc1-c1ccccc1. The summed E-state index contributed by atoms with van der Waals surface area (Å²) in [4.78, 5) is 22.4. The molecule has 18 heavy (non-hydrogen) atoms. The Bertz CT molecular complexity index is 597. The van der Waals surface area contributed by atoms with Crippen LogP contribution < -0.4 is 5.63 Å². The molecule has 0 fully saturated rings. The lowest BCUT2D eigenvalue weighted by Crippen LogP contribution is -2.02. The van der Waals surface area contributed by atoms with E-state index in [0.29, 0.717) is 18.6 Å². The number of ketones is 1. The van der Waals surface area contributed by atoms with Gasteiger partial charge >= 0.3 is 5.63 Å². The molecule has 92 valence electrons. The van der Waals surface area contributed by atoms with Gasteiger partial charge in [0.15, 0.2) is 0 Å². The van der Waals surface area contributed by atoms with Gasteiger partial charge < -0.3 is 9.21 Å². The molecule has 1 aromatic carbocycles. The summed E-state index contributed by atoms with van der Waals surface area (Å²) in [6.07, 6.45) is 1.04. The van der Waals surface area contributed by atoms with E-state index in [4.69, 9.17) is 4.42 Å². The Hall–Kier alpha value is -2.16. The van der Waals surface area contributed by atoms with Crippen LogP contribution in [0.5, 0.6) is 0 Å². The molecule has 2 aromatic rings. The quantitative estimate of drug-likeness (QED) is 0.828. The fraction of sp³-hybridized carbons (Fsp3) is 0.200. The first kappa shape index (κ1) is 12.3. The van der Waals surface area contributed by atoms with Crippen LogP contribution in [0.3, 0.4) is 0 Å². The zero-order valence-electron chi connectivity index (χ0n) is 10.2. The summed E-state index contributed by atoms with van der Waals surface area (Å²) in [6.45, 7) is 1.56. The maximum absolute atomic E-state index is 11.3. The van der Waals surface area contributed by atoms with Gasteiger partial charge in [0.1, 0.15) is 11.5 Å². The number of rotatable bonds is 4. The molecule has 3 heteroatoms. The van der Waals surface area contributed by atoms with Crippen LogP contribution in [0.15, 0.2) is 51.7 Å². The van der Waals surface area contributed by atoms with Crippen LogP contribution in [0.1, 0.15) is 18.9 Å². The second-order valence-corrected chi connectivity index (χ2v) is 4.18. The fourth-order valence-corrected chi connectivity index (χ4v) is 1.79. The normalized spacial score (nSPS) is 10.3. The number of aryl methyl sites for hydroxylation is 1. The van der Waals surface area contributed by atoms with E-state index in [1.165, 1.54) is 6.07 Å². The zero-order chi connectivity index (χ0) is 13.0. The lowest BCUT2D eigenvalue weighted by atomic mass is 10.0. The van der Waals surface area contributed by atoms with E-state index in [1.54, 1.807) is 13.0 Å². The Morgan fingerprint density at radius 1 is 1.11 bits per heavy atom. The third kappa shape index (κ3) is 2.94. The molecule has 1 heterocycles. The van der Waals surface area contributed by atoms with Gasteiger partial charge in [-0.15, -0.1) is 0 Å². The van der Waals surface area contributed by atoms with E-state index in [2.05, 4.69) is 0 Å². The lowest BCUT2D eigenvalue weighted by Gasteiger charge is -2.06. The molecule has 0 radical (unpaired) electrons. The molecule has 0 unspecified atom stereocenters. The van der Waals surface area contributed by atoms with Crippen molar-refractivity contribution < 1.29 is 9.21 Å². The Kier molecular flexibility index (Phi) is 3.72. The molecule has 1 aromatic heterocycles. The summed E-state index contributed by atoms with van der Waals surface area (Å²) in [5.74, 6) is 0.685. The molecule has 0 aliphatic rings. The molecular weight excluding hydrogens is 228 g/mol. The van der Waals surface area contributed by atoms with E-state index in [0.717, 1.165) is 11.1 Å². The Labute approximate surface area is 105 Å². The number of carbonyl (C=O) groups is 1. The van der Waals surface area contributed by atoms with Crippen LogP contribution in [0, 0.1) is 0 Å². The van der Waals surface area contributed by atoms with Crippen molar-refractivity contribution in [1.82, 2.24) is 0 Å². The molecule has 0 saturated heterocycles. The molecule has 0 N–H and O–H groups in total. The Morgan fingerprint density at radius 3 is 2.50 bits per heavy atom. The van der Waals surface area contributed by atoms with Crippen molar-refractivity contribution in [3.05, 3.63) is 58.4 Å². The third-order valence-corrected chi connectivity index (χ3v) is 2.70. The highest BCUT2D eigenvalue weighted by atomic mass is 16.4. The van der Waals surface area contributed by atoms with Crippen molar-refractivity contribution in [3.63, 3.8) is 0 Å². The Morgan fingerprint density at radius 2 is 1.83 bits per heavy atom. The van der Waals surface area contributed by atoms with Gasteiger partial charge in [-0.3, -0.25) is 0 Å². The summed E-state index contributed by atoms with van der Waals surface area (Å²) in [5, 5.41) is 0. The first-order chi connectivity index (χ1) is 8.66. The van der Waals surface area contributed by atoms with Crippen molar-refractivity contribution in [1.29, 1.82) is 0 Å². The van der Waals surface area contributed by atoms with E-state index >= 15 is 0 Å². The minimum absolute atomic E-state index is 0.125. The molecular formula is C15H14O3. The number of carbonyl (C=O) groups excluding carboxylic acids is 1. The maximum atomic E-state index is 11.3. The van der Waals surface area contributed by atoms with Crippen molar-refractivity contribution in [3.8, 4) is 11.3 Å². The van der Waals surface area contributed by atoms with Crippen molar-refractivity contribution in [2.75, 3.05) is 0 Å². The fourth-order valence-electron chi connectivity index (χ4n) is 1.79. The van der Waals surface area contributed by atoms with Crippen LogP contribution in [-0.4, -0.2) is 5.78 Å². The van der Waals surface area contributed by atoms with Gasteiger partial charge in [-0.05, 0) is 25.0 Å². The Balaban J connectivity index is 2.41. The lowest BCUT2D eigenvalue weighted by molar-refractivity contribution is -0.116. The zero-order valence-corrected chi connectivity index (χ0v) is 10.2. The minimum Gasteiger partial charge on any atom is -0.422 e. The maximum Gasteiger partial charge on any atom is 0.336 e. The molecule has 0 spiro atoms. The molecule has 0 aliphatic heterocycles. The topological polar surface area (TPSA) is 47.3 Å². The second-order valence-electron chi connectivity index (χ2n) is 4.18. The van der Waals surface area contributed by atoms with E-state index in [1.807, 2.05) is 30.3 Å². The largest absolute Gasteiger partial charge is 0.422 e. The number of hydrogen-bond donors (Lipinski definition) is 0. The minimum atomic E-state index is -0.375. The van der Waals surface area contributed by atoms with Gasteiger partial charge in [-0.25, -0.2) is 4.79 Å². The van der Waals surface area contributed by atoms with Crippen LogP contribution in [0.2, 0.25) is 0 Å². The molecule has 0 atom stereocenters. The summed E-state index contributed by atoms with van der Waals surface area (Å²) in [7, 11) is 0. The third-order valence-electron chi connectivity index (χ3n) is 2.70. The molecule has 3 nitrogen and oxygen atoms in total. The molecule has 2 rings (SSSR count). The van der Waals surface area contributed by atoms with Gasteiger partial charge in [0.2, 0.25) is 0 Å². The number of Topliss-reactive ketones (excluding diaryl/α,β-unsaturated/α-hetero) is 1. The van der Waals surface area contributed by atoms with Crippen molar-refractivity contribution in [2.45, 2.75) is 19.8 Å².